The molecule has 1 saturated carbocycles. The lowest BCUT2D eigenvalue weighted by atomic mass is 9.92. The third-order valence-electron chi connectivity index (χ3n) is 6.54. The first kappa shape index (κ1) is 21.1. The first-order valence-corrected chi connectivity index (χ1v) is 11.5. The van der Waals surface area contributed by atoms with Crippen molar-refractivity contribution in [2.45, 2.75) is 51.5 Å². The topological polar surface area (TPSA) is 59.4 Å². The number of ether oxygens (including phenoxy) is 1. The highest BCUT2D eigenvalue weighted by Gasteiger charge is 2.30. The maximum Gasteiger partial charge on any atom is 0.270 e. The molecule has 1 aliphatic heterocycles. The van der Waals surface area contributed by atoms with Gasteiger partial charge in [0, 0.05) is 31.6 Å². The number of para-hydroxylation sites is 1. The zero-order valence-corrected chi connectivity index (χ0v) is 18.2. The summed E-state index contributed by atoms with van der Waals surface area (Å²) in [4.78, 5) is 15.8. The predicted octanol–water partition coefficient (Wildman–Crippen LogP) is 3.62. The van der Waals surface area contributed by atoms with Crippen LogP contribution in [0.2, 0.25) is 0 Å². The molecule has 6 nitrogen and oxygen atoms in total. The van der Waals surface area contributed by atoms with Crippen molar-refractivity contribution in [3.05, 3.63) is 47.8 Å². The van der Waals surface area contributed by atoms with Crippen LogP contribution >= 0.6 is 0 Å². The largest absolute Gasteiger partial charge is 0.379 e. The molecule has 1 amide bonds. The van der Waals surface area contributed by atoms with Crippen molar-refractivity contribution in [1.82, 2.24) is 20.0 Å². The average Bonchev–Trinajstić information content (AvgIpc) is 3.55. The summed E-state index contributed by atoms with van der Waals surface area (Å²) in [6.45, 7) is 8.57. The molecule has 0 spiro atoms. The Morgan fingerprint density at radius 2 is 1.87 bits per heavy atom. The predicted molar refractivity (Wildman–Crippen MR) is 118 cm³/mol. The van der Waals surface area contributed by atoms with E-state index in [9.17, 15) is 4.79 Å². The minimum absolute atomic E-state index is 0.0394. The Bertz CT molecular complexity index is 821. The molecule has 0 unspecified atom stereocenters. The van der Waals surface area contributed by atoms with E-state index < -0.39 is 0 Å². The molecule has 2 aliphatic rings. The number of nitrogens with one attached hydrogen (secondary N) is 1. The third kappa shape index (κ3) is 4.76. The zero-order valence-electron chi connectivity index (χ0n) is 18.2. The van der Waals surface area contributed by atoms with Crippen LogP contribution in [0.15, 0.2) is 36.4 Å². The van der Waals surface area contributed by atoms with Crippen LogP contribution in [-0.4, -0.2) is 59.5 Å². The number of benzene rings is 1. The number of rotatable bonds is 9. The van der Waals surface area contributed by atoms with E-state index in [1.807, 2.05) is 41.1 Å². The van der Waals surface area contributed by atoms with Crippen LogP contribution in [0.5, 0.6) is 0 Å². The Labute approximate surface area is 179 Å². The van der Waals surface area contributed by atoms with Gasteiger partial charge >= 0.3 is 0 Å². The molecule has 1 aromatic heterocycles. The quantitative estimate of drug-likeness (QED) is 0.686. The molecule has 4 rings (SSSR count). The van der Waals surface area contributed by atoms with Gasteiger partial charge in [0.05, 0.1) is 24.6 Å². The smallest absolute Gasteiger partial charge is 0.270 e. The van der Waals surface area contributed by atoms with Gasteiger partial charge in [0.15, 0.2) is 0 Å². The van der Waals surface area contributed by atoms with Gasteiger partial charge in [0.2, 0.25) is 0 Å². The Balaban J connectivity index is 1.52. The van der Waals surface area contributed by atoms with E-state index in [0.717, 1.165) is 50.5 Å². The van der Waals surface area contributed by atoms with Gasteiger partial charge in [-0.1, -0.05) is 44.9 Å². The summed E-state index contributed by atoms with van der Waals surface area (Å²) in [5.74, 6) is 1.03. The average molecular weight is 411 g/mol. The van der Waals surface area contributed by atoms with Crippen molar-refractivity contribution >= 4 is 5.91 Å². The monoisotopic (exact) mass is 410 g/mol. The van der Waals surface area contributed by atoms with Crippen LogP contribution in [-0.2, 0) is 4.74 Å². The van der Waals surface area contributed by atoms with E-state index in [1.54, 1.807) is 0 Å². The zero-order chi connectivity index (χ0) is 20.9. The number of morpholine rings is 1. The molecule has 0 radical (unpaired) electrons. The number of carbonyl (C=O) groups is 1. The van der Waals surface area contributed by atoms with Crippen LogP contribution in [0.3, 0.4) is 0 Å². The van der Waals surface area contributed by atoms with Crippen LogP contribution < -0.4 is 5.32 Å². The molecule has 30 heavy (non-hydrogen) atoms. The normalized spacial score (nSPS) is 18.5. The molecule has 0 bridgehead atoms. The van der Waals surface area contributed by atoms with Crippen molar-refractivity contribution in [1.29, 1.82) is 0 Å². The fraction of sp³-hybridized carbons (Fsp3) is 0.583. The van der Waals surface area contributed by atoms with Gasteiger partial charge in [0.1, 0.15) is 5.69 Å². The van der Waals surface area contributed by atoms with Gasteiger partial charge in [-0.25, -0.2) is 4.68 Å². The Kier molecular flexibility index (Phi) is 6.85. The molecule has 2 heterocycles. The van der Waals surface area contributed by atoms with E-state index in [-0.39, 0.29) is 5.91 Å². The van der Waals surface area contributed by atoms with Crippen LogP contribution in [0.4, 0.5) is 0 Å². The number of aromatic nitrogens is 2. The fourth-order valence-electron chi connectivity index (χ4n) is 4.53. The fourth-order valence-corrected chi connectivity index (χ4v) is 4.53. The standard InChI is InChI=1S/C24H34N4O2/c1-3-18(4-2)23(27-12-14-30-15-13-27)17-25-24(29)22-16-21(19-10-11-19)26-28(22)20-8-6-5-7-9-20/h5-9,16,18-19,23H,3-4,10-15,17H2,1-2H3,(H,25,29)/t23-/m1/s1. The second-order valence-corrected chi connectivity index (χ2v) is 8.48. The van der Waals surface area contributed by atoms with Gasteiger partial charge in [-0.05, 0) is 37.0 Å². The van der Waals surface area contributed by atoms with Gasteiger partial charge in [-0.2, -0.15) is 5.10 Å². The molecule has 1 N–H and O–H groups in total. The van der Waals surface area contributed by atoms with E-state index in [0.29, 0.717) is 30.1 Å². The second kappa shape index (κ2) is 9.75. The maximum atomic E-state index is 13.3. The summed E-state index contributed by atoms with van der Waals surface area (Å²) in [6, 6.07) is 12.3. The summed E-state index contributed by atoms with van der Waals surface area (Å²) in [5.41, 5.74) is 2.60. The highest BCUT2D eigenvalue weighted by atomic mass is 16.5. The molecule has 1 atom stereocenters. The second-order valence-electron chi connectivity index (χ2n) is 8.48. The SMILES string of the molecule is CCC(CC)[C@@H](CNC(=O)c1cc(C2CC2)nn1-c1ccccc1)N1CCOCC1. The van der Waals surface area contributed by atoms with Gasteiger partial charge in [-0.3, -0.25) is 9.69 Å². The minimum Gasteiger partial charge on any atom is -0.379 e. The maximum absolute atomic E-state index is 13.3. The lowest BCUT2D eigenvalue weighted by molar-refractivity contribution is 0.00189. The summed E-state index contributed by atoms with van der Waals surface area (Å²) in [6.07, 6.45) is 4.56. The molecule has 2 fully saturated rings. The Morgan fingerprint density at radius 1 is 1.17 bits per heavy atom. The molecule has 6 heteroatoms. The lowest BCUT2D eigenvalue weighted by Crippen LogP contribution is -2.52. The Hall–Kier alpha value is -2.18. The summed E-state index contributed by atoms with van der Waals surface area (Å²) < 4.78 is 7.36. The third-order valence-corrected chi connectivity index (χ3v) is 6.54. The number of amides is 1. The van der Waals surface area contributed by atoms with E-state index in [1.165, 1.54) is 12.8 Å². The van der Waals surface area contributed by atoms with Crippen LogP contribution in [0.25, 0.3) is 5.69 Å². The lowest BCUT2D eigenvalue weighted by Gasteiger charge is -2.38. The van der Waals surface area contributed by atoms with Crippen molar-refractivity contribution < 1.29 is 9.53 Å². The number of hydrogen-bond donors (Lipinski definition) is 1. The summed E-state index contributed by atoms with van der Waals surface area (Å²) in [7, 11) is 0. The molecule has 2 aromatic rings. The van der Waals surface area contributed by atoms with Crippen molar-refractivity contribution in [2.75, 3.05) is 32.8 Å². The first-order chi connectivity index (χ1) is 14.7. The van der Waals surface area contributed by atoms with Crippen molar-refractivity contribution in [3.63, 3.8) is 0 Å². The van der Waals surface area contributed by atoms with E-state index in [4.69, 9.17) is 9.84 Å². The molecule has 1 saturated heterocycles. The first-order valence-electron chi connectivity index (χ1n) is 11.5. The van der Waals surface area contributed by atoms with Gasteiger partial charge in [-0.15, -0.1) is 0 Å². The molecule has 162 valence electrons. The highest BCUT2D eigenvalue weighted by molar-refractivity contribution is 5.93. The molecule has 1 aliphatic carbocycles. The Morgan fingerprint density at radius 3 is 2.50 bits per heavy atom. The number of hydrogen-bond acceptors (Lipinski definition) is 4. The van der Waals surface area contributed by atoms with Gasteiger partial charge in [0.25, 0.3) is 5.91 Å². The summed E-state index contributed by atoms with van der Waals surface area (Å²) >= 11 is 0. The minimum atomic E-state index is -0.0394. The molecular weight excluding hydrogens is 376 g/mol. The van der Waals surface area contributed by atoms with Gasteiger partial charge < -0.3 is 10.1 Å². The molecule has 1 aromatic carbocycles. The number of nitrogens with zero attached hydrogens (tertiary/aromatic N) is 3. The number of carbonyl (C=O) groups excluding carboxylic acids is 1. The van der Waals surface area contributed by atoms with Crippen molar-refractivity contribution in [2.24, 2.45) is 5.92 Å². The van der Waals surface area contributed by atoms with E-state index in [2.05, 4.69) is 24.1 Å². The van der Waals surface area contributed by atoms with Crippen LogP contribution in [0, 0.1) is 5.92 Å². The van der Waals surface area contributed by atoms with E-state index >= 15 is 0 Å². The summed E-state index contributed by atoms with van der Waals surface area (Å²) in [5, 5.41) is 8.02. The highest BCUT2D eigenvalue weighted by Crippen LogP contribution is 2.39. The van der Waals surface area contributed by atoms with Crippen molar-refractivity contribution in [3.8, 4) is 5.69 Å². The van der Waals surface area contributed by atoms with Crippen LogP contribution in [0.1, 0.15) is 61.6 Å². The molecular formula is C24H34N4O2.